The van der Waals surface area contributed by atoms with Crippen molar-refractivity contribution in [3.63, 3.8) is 0 Å². The standard InChI is InChI=1S/C19H19NO2S/c21-19(8-5-15-9-12-23-14-15)20-10-11-22-18-7-6-16-3-1-2-4-17(16)13-18/h1-4,6-7,9,12-14H,5,8,10-11H2,(H,20,21). The Morgan fingerprint density at radius 1 is 1.09 bits per heavy atom. The van der Waals surface area contributed by atoms with Crippen molar-refractivity contribution in [1.82, 2.24) is 5.32 Å². The van der Waals surface area contributed by atoms with Gasteiger partial charge in [0.2, 0.25) is 5.91 Å². The maximum absolute atomic E-state index is 11.8. The van der Waals surface area contributed by atoms with Crippen LogP contribution in [0.15, 0.2) is 59.3 Å². The molecule has 0 aliphatic carbocycles. The first kappa shape index (κ1) is 15.6. The largest absolute Gasteiger partial charge is 0.492 e. The monoisotopic (exact) mass is 325 g/mol. The van der Waals surface area contributed by atoms with Crippen molar-refractivity contribution in [2.75, 3.05) is 13.2 Å². The molecule has 23 heavy (non-hydrogen) atoms. The van der Waals surface area contributed by atoms with Gasteiger partial charge in [0, 0.05) is 6.42 Å². The number of thiophene rings is 1. The molecule has 0 unspecified atom stereocenters. The van der Waals surface area contributed by atoms with E-state index >= 15 is 0 Å². The third kappa shape index (κ3) is 4.57. The van der Waals surface area contributed by atoms with Crippen molar-refractivity contribution in [2.24, 2.45) is 0 Å². The number of amides is 1. The first-order valence-electron chi connectivity index (χ1n) is 7.71. The van der Waals surface area contributed by atoms with Crippen LogP contribution in [0.1, 0.15) is 12.0 Å². The van der Waals surface area contributed by atoms with Gasteiger partial charge in [-0.3, -0.25) is 4.79 Å². The van der Waals surface area contributed by atoms with E-state index in [-0.39, 0.29) is 5.91 Å². The fraction of sp³-hybridized carbons (Fsp3) is 0.211. The molecule has 4 heteroatoms. The zero-order valence-electron chi connectivity index (χ0n) is 12.8. The van der Waals surface area contributed by atoms with E-state index in [2.05, 4.69) is 28.9 Å². The average Bonchev–Trinajstić information content (AvgIpc) is 3.10. The number of benzene rings is 2. The van der Waals surface area contributed by atoms with Crippen LogP contribution in [0.25, 0.3) is 10.8 Å². The summed E-state index contributed by atoms with van der Waals surface area (Å²) in [6, 6.07) is 16.3. The van der Waals surface area contributed by atoms with Crippen molar-refractivity contribution in [2.45, 2.75) is 12.8 Å². The normalized spacial score (nSPS) is 10.6. The molecule has 3 rings (SSSR count). The average molecular weight is 325 g/mol. The zero-order valence-corrected chi connectivity index (χ0v) is 13.6. The second-order valence-corrected chi connectivity index (χ2v) is 6.12. The summed E-state index contributed by atoms with van der Waals surface area (Å²) in [5.41, 5.74) is 1.22. The third-order valence-electron chi connectivity index (χ3n) is 3.63. The lowest BCUT2D eigenvalue weighted by atomic mass is 10.1. The third-order valence-corrected chi connectivity index (χ3v) is 4.37. The summed E-state index contributed by atoms with van der Waals surface area (Å²) in [6.45, 7) is 0.998. The number of ether oxygens (including phenoxy) is 1. The van der Waals surface area contributed by atoms with E-state index < -0.39 is 0 Å². The molecule has 0 atom stereocenters. The van der Waals surface area contributed by atoms with Gasteiger partial charge in [-0.15, -0.1) is 0 Å². The molecule has 0 aliphatic rings. The Labute approximate surface area is 139 Å². The Balaban J connectivity index is 1.39. The number of nitrogens with one attached hydrogen (secondary N) is 1. The van der Waals surface area contributed by atoms with E-state index in [0.717, 1.165) is 17.6 Å². The zero-order chi connectivity index (χ0) is 15.9. The molecule has 0 aliphatic heterocycles. The Hall–Kier alpha value is -2.33. The van der Waals surface area contributed by atoms with E-state index in [1.165, 1.54) is 10.9 Å². The van der Waals surface area contributed by atoms with Gasteiger partial charge in [0.15, 0.2) is 0 Å². The van der Waals surface area contributed by atoms with Crippen LogP contribution in [0.4, 0.5) is 0 Å². The summed E-state index contributed by atoms with van der Waals surface area (Å²) < 4.78 is 5.70. The number of rotatable bonds is 7. The molecule has 3 nitrogen and oxygen atoms in total. The lowest BCUT2D eigenvalue weighted by molar-refractivity contribution is -0.121. The molecule has 0 fully saturated rings. The molecule has 1 amide bonds. The molecule has 118 valence electrons. The number of fused-ring (bicyclic) bond motifs is 1. The fourth-order valence-electron chi connectivity index (χ4n) is 2.40. The summed E-state index contributed by atoms with van der Waals surface area (Å²) in [6.07, 6.45) is 1.31. The minimum absolute atomic E-state index is 0.0679. The maximum atomic E-state index is 11.8. The van der Waals surface area contributed by atoms with E-state index in [9.17, 15) is 4.79 Å². The molecule has 1 heterocycles. The van der Waals surface area contributed by atoms with Gasteiger partial charge in [-0.05, 0) is 51.7 Å². The Bertz CT molecular complexity index is 768. The Kier molecular flexibility index (Phi) is 5.27. The highest BCUT2D eigenvalue weighted by Gasteiger charge is 2.02. The van der Waals surface area contributed by atoms with Crippen LogP contribution in [-0.4, -0.2) is 19.1 Å². The van der Waals surface area contributed by atoms with Gasteiger partial charge in [-0.1, -0.05) is 30.3 Å². The molecule has 0 bridgehead atoms. The molecule has 1 N–H and O–H groups in total. The summed E-state index contributed by atoms with van der Waals surface area (Å²) in [7, 11) is 0. The first-order chi connectivity index (χ1) is 11.3. The maximum Gasteiger partial charge on any atom is 0.220 e. The molecular weight excluding hydrogens is 306 g/mol. The SMILES string of the molecule is O=C(CCc1ccsc1)NCCOc1ccc2ccccc2c1. The van der Waals surface area contributed by atoms with Crippen LogP contribution in [0.2, 0.25) is 0 Å². The van der Waals surface area contributed by atoms with Gasteiger partial charge in [0.1, 0.15) is 12.4 Å². The van der Waals surface area contributed by atoms with Crippen molar-refractivity contribution in [3.05, 3.63) is 64.9 Å². The molecule has 3 aromatic rings. The highest BCUT2D eigenvalue weighted by molar-refractivity contribution is 7.07. The number of carbonyl (C=O) groups is 1. The van der Waals surface area contributed by atoms with Crippen LogP contribution in [0.3, 0.4) is 0 Å². The summed E-state index contributed by atoms with van der Waals surface area (Å²) >= 11 is 1.66. The second-order valence-electron chi connectivity index (χ2n) is 5.34. The van der Waals surface area contributed by atoms with Gasteiger partial charge in [0.25, 0.3) is 0 Å². The number of carbonyl (C=O) groups excluding carboxylic acids is 1. The molecule has 0 spiro atoms. The van der Waals surface area contributed by atoms with Crippen LogP contribution in [-0.2, 0) is 11.2 Å². The van der Waals surface area contributed by atoms with Crippen LogP contribution in [0, 0.1) is 0 Å². The molecule has 0 saturated carbocycles. The second kappa shape index (κ2) is 7.79. The minimum Gasteiger partial charge on any atom is -0.492 e. The van der Waals surface area contributed by atoms with Crippen LogP contribution >= 0.6 is 11.3 Å². The predicted molar refractivity (Wildman–Crippen MR) is 95.1 cm³/mol. The topological polar surface area (TPSA) is 38.3 Å². The highest BCUT2D eigenvalue weighted by atomic mass is 32.1. The summed E-state index contributed by atoms with van der Waals surface area (Å²) in [5.74, 6) is 0.898. The quantitative estimate of drug-likeness (QED) is 0.666. The van der Waals surface area contributed by atoms with Crippen molar-refractivity contribution in [1.29, 1.82) is 0 Å². The van der Waals surface area contributed by atoms with E-state index in [1.807, 2.05) is 35.7 Å². The number of aryl methyl sites for hydroxylation is 1. The Morgan fingerprint density at radius 2 is 1.96 bits per heavy atom. The van der Waals surface area contributed by atoms with Gasteiger partial charge in [0.05, 0.1) is 6.54 Å². The predicted octanol–water partition coefficient (Wildman–Crippen LogP) is 4.03. The molecular formula is C19H19NO2S. The van der Waals surface area contributed by atoms with Gasteiger partial charge >= 0.3 is 0 Å². The van der Waals surface area contributed by atoms with Gasteiger partial charge < -0.3 is 10.1 Å². The number of hydrogen-bond acceptors (Lipinski definition) is 3. The summed E-state index contributed by atoms with van der Waals surface area (Å²) in [4.78, 5) is 11.8. The van der Waals surface area contributed by atoms with Crippen molar-refractivity contribution >= 4 is 28.0 Å². The van der Waals surface area contributed by atoms with E-state index in [1.54, 1.807) is 11.3 Å². The van der Waals surface area contributed by atoms with Crippen LogP contribution < -0.4 is 10.1 Å². The smallest absolute Gasteiger partial charge is 0.220 e. The highest BCUT2D eigenvalue weighted by Crippen LogP contribution is 2.20. The Morgan fingerprint density at radius 3 is 2.78 bits per heavy atom. The van der Waals surface area contributed by atoms with Gasteiger partial charge in [-0.2, -0.15) is 11.3 Å². The number of hydrogen-bond donors (Lipinski definition) is 1. The van der Waals surface area contributed by atoms with E-state index in [4.69, 9.17) is 4.74 Å². The molecule has 2 aromatic carbocycles. The lowest BCUT2D eigenvalue weighted by Crippen LogP contribution is -2.28. The van der Waals surface area contributed by atoms with Crippen molar-refractivity contribution < 1.29 is 9.53 Å². The van der Waals surface area contributed by atoms with Crippen molar-refractivity contribution in [3.8, 4) is 5.75 Å². The minimum atomic E-state index is 0.0679. The molecule has 1 aromatic heterocycles. The van der Waals surface area contributed by atoms with Gasteiger partial charge in [-0.25, -0.2) is 0 Å². The lowest BCUT2D eigenvalue weighted by Gasteiger charge is -2.08. The first-order valence-corrected chi connectivity index (χ1v) is 8.65. The molecule has 0 saturated heterocycles. The van der Waals surface area contributed by atoms with Crippen LogP contribution in [0.5, 0.6) is 5.75 Å². The van der Waals surface area contributed by atoms with E-state index in [0.29, 0.717) is 19.6 Å². The molecule has 0 radical (unpaired) electrons. The summed E-state index contributed by atoms with van der Waals surface area (Å²) in [5, 5.41) is 9.36. The fourth-order valence-corrected chi connectivity index (χ4v) is 3.10.